The summed E-state index contributed by atoms with van der Waals surface area (Å²) in [6.07, 6.45) is 6.61. The fourth-order valence-electron chi connectivity index (χ4n) is 2.42. The number of carbonyl (C=O) groups excluding carboxylic acids is 1. The van der Waals surface area contributed by atoms with Gasteiger partial charge in [-0.3, -0.25) is 9.59 Å². The minimum absolute atomic E-state index is 0.237. The van der Waals surface area contributed by atoms with E-state index < -0.39 is 0 Å². The smallest absolute Gasteiger partial charge is 0.248 e. The monoisotopic (exact) mass is 317 g/mol. The summed E-state index contributed by atoms with van der Waals surface area (Å²) in [6, 6.07) is 6.57. The van der Waals surface area contributed by atoms with Gasteiger partial charge in [0.15, 0.2) is 6.29 Å². The number of pyridine rings is 1. The summed E-state index contributed by atoms with van der Waals surface area (Å²) in [5, 5.41) is 0.803. The predicted molar refractivity (Wildman–Crippen MR) is 95.5 cm³/mol. The molecule has 0 aliphatic heterocycles. The molecule has 0 spiro atoms. The second kappa shape index (κ2) is 9.82. The molecule has 0 radical (unpaired) electrons. The molecule has 4 heteroatoms. The van der Waals surface area contributed by atoms with Crippen molar-refractivity contribution in [2.45, 2.75) is 46.5 Å². The molecule has 0 unspecified atom stereocenters. The Morgan fingerprint density at radius 3 is 2.30 bits per heavy atom. The predicted octanol–water partition coefficient (Wildman–Crippen LogP) is 4.57. The van der Waals surface area contributed by atoms with Gasteiger partial charge in [0.05, 0.1) is 18.2 Å². The van der Waals surface area contributed by atoms with Crippen molar-refractivity contribution in [1.82, 2.24) is 4.98 Å². The molecule has 1 aliphatic carbocycles. The molecule has 2 aromatic rings. The van der Waals surface area contributed by atoms with Crippen LogP contribution in [0.4, 0.5) is 0 Å². The number of aromatic nitrogens is 1. The Balaban J connectivity index is 0.000000276. The van der Waals surface area contributed by atoms with Crippen LogP contribution in [0.5, 0.6) is 5.75 Å². The zero-order chi connectivity index (χ0) is 17.2. The average molecular weight is 317 g/mol. The summed E-state index contributed by atoms with van der Waals surface area (Å²) in [5.41, 5.74) is 0.642. The molecular weight excluding hydrogens is 290 g/mol. The van der Waals surface area contributed by atoms with Gasteiger partial charge in [-0.05, 0) is 29.5 Å². The van der Waals surface area contributed by atoms with E-state index in [1.165, 1.54) is 38.9 Å². The fourth-order valence-corrected chi connectivity index (χ4v) is 2.42. The Morgan fingerprint density at radius 1 is 1.22 bits per heavy atom. The Labute approximate surface area is 137 Å². The van der Waals surface area contributed by atoms with Crippen LogP contribution in [0.3, 0.4) is 0 Å². The molecule has 1 aromatic heterocycles. The van der Waals surface area contributed by atoms with Crippen molar-refractivity contribution in [2.24, 2.45) is 5.92 Å². The number of rotatable bonds is 3. The molecule has 0 atom stereocenters. The maximum absolute atomic E-state index is 11.1. The third-order valence-corrected chi connectivity index (χ3v) is 4.04. The first-order valence-corrected chi connectivity index (χ1v) is 8.34. The minimum atomic E-state index is -0.237. The molecule has 23 heavy (non-hydrogen) atoms. The van der Waals surface area contributed by atoms with Crippen LogP contribution in [0.2, 0.25) is 0 Å². The third-order valence-electron chi connectivity index (χ3n) is 4.04. The van der Waals surface area contributed by atoms with Gasteiger partial charge in [0.25, 0.3) is 0 Å². The van der Waals surface area contributed by atoms with Gasteiger partial charge in [-0.15, -0.1) is 0 Å². The lowest BCUT2D eigenvalue weighted by Crippen LogP contribution is -2.08. The van der Waals surface area contributed by atoms with E-state index >= 15 is 0 Å². The Hall–Kier alpha value is -2.10. The molecule has 1 saturated carbocycles. The number of ether oxygens (including phenoxy) is 1. The number of benzene rings is 1. The number of carbonyl (C=O) groups is 1. The highest BCUT2D eigenvalue weighted by Crippen LogP contribution is 2.28. The van der Waals surface area contributed by atoms with Crippen LogP contribution >= 0.6 is 0 Å². The van der Waals surface area contributed by atoms with Gasteiger partial charge in [-0.25, -0.2) is 0 Å². The summed E-state index contributed by atoms with van der Waals surface area (Å²) in [6.45, 7) is 6.28. The van der Waals surface area contributed by atoms with Gasteiger partial charge < -0.3 is 9.72 Å². The van der Waals surface area contributed by atoms with Crippen LogP contribution in [0, 0.1) is 5.92 Å². The van der Waals surface area contributed by atoms with Crippen LogP contribution < -0.4 is 10.3 Å². The largest absolute Gasteiger partial charge is 0.496 e. The van der Waals surface area contributed by atoms with Crippen molar-refractivity contribution < 1.29 is 9.53 Å². The van der Waals surface area contributed by atoms with E-state index in [4.69, 9.17) is 4.74 Å². The molecular formula is C19H27NO3. The van der Waals surface area contributed by atoms with Crippen LogP contribution in [-0.4, -0.2) is 18.4 Å². The summed E-state index contributed by atoms with van der Waals surface area (Å²) in [7, 11) is 1.48. The van der Waals surface area contributed by atoms with Gasteiger partial charge in [-0.2, -0.15) is 0 Å². The van der Waals surface area contributed by atoms with Gasteiger partial charge >= 0.3 is 0 Å². The van der Waals surface area contributed by atoms with Gasteiger partial charge in [-0.1, -0.05) is 46.5 Å². The SMILES string of the molecule is CC.CCC1CCC1.COc1ccc2ccc(=O)[nH]c2c1C=O. The lowest BCUT2D eigenvalue weighted by molar-refractivity contribution is 0.112. The van der Waals surface area contributed by atoms with E-state index in [0.29, 0.717) is 23.1 Å². The maximum atomic E-state index is 11.1. The first kappa shape index (κ1) is 18.9. The van der Waals surface area contributed by atoms with Gasteiger partial charge in [0.2, 0.25) is 5.56 Å². The Bertz CT molecular complexity index is 669. The molecule has 0 bridgehead atoms. The molecule has 1 N–H and O–H groups in total. The third kappa shape index (κ3) is 4.95. The van der Waals surface area contributed by atoms with Crippen LogP contribution in [0.15, 0.2) is 29.1 Å². The van der Waals surface area contributed by atoms with E-state index in [1.54, 1.807) is 18.2 Å². The van der Waals surface area contributed by atoms with Crippen molar-refractivity contribution in [2.75, 3.05) is 7.11 Å². The number of H-pyrrole nitrogens is 1. The molecule has 0 amide bonds. The molecule has 1 aliphatic rings. The van der Waals surface area contributed by atoms with Crippen LogP contribution in [0.1, 0.15) is 56.8 Å². The van der Waals surface area contributed by atoms with Crippen molar-refractivity contribution in [3.05, 3.63) is 40.2 Å². The summed E-state index contributed by atoms with van der Waals surface area (Å²) < 4.78 is 5.03. The minimum Gasteiger partial charge on any atom is -0.496 e. The van der Waals surface area contributed by atoms with E-state index in [1.807, 2.05) is 13.8 Å². The number of nitrogens with one attached hydrogen (secondary N) is 1. The number of methoxy groups -OCH3 is 1. The molecule has 3 rings (SSSR count). The number of fused-ring (bicyclic) bond motifs is 1. The Kier molecular flexibility index (Phi) is 8.09. The summed E-state index contributed by atoms with van der Waals surface area (Å²) in [5.74, 6) is 1.57. The van der Waals surface area contributed by atoms with Crippen LogP contribution in [0.25, 0.3) is 10.9 Å². The molecule has 4 nitrogen and oxygen atoms in total. The average Bonchev–Trinajstić information content (AvgIpc) is 2.55. The number of hydrogen-bond donors (Lipinski definition) is 1. The fraction of sp³-hybridized carbons (Fsp3) is 0.474. The van der Waals surface area contributed by atoms with Gasteiger partial charge in [0, 0.05) is 6.07 Å². The second-order valence-corrected chi connectivity index (χ2v) is 5.29. The summed E-state index contributed by atoms with van der Waals surface area (Å²) in [4.78, 5) is 24.7. The highest BCUT2D eigenvalue weighted by atomic mass is 16.5. The molecule has 126 valence electrons. The zero-order valence-electron chi connectivity index (χ0n) is 14.5. The van der Waals surface area contributed by atoms with E-state index in [-0.39, 0.29) is 5.56 Å². The normalized spacial score (nSPS) is 13.0. The van der Waals surface area contributed by atoms with Crippen molar-refractivity contribution in [3.8, 4) is 5.75 Å². The first-order chi connectivity index (χ1) is 11.2. The number of hydrogen-bond acceptors (Lipinski definition) is 3. The van der Waals surface area contributed by atoms with E-state index in [0.717, 1.165) is 11.3 Å². The standard InChI is InChI=1S/C11H9NO3.C6H12.C2H6/c1-15-9-4-2-7-3-5-10(14)12-11(7)8(9)6-13;1-2-6-4-3-5-6;1-2/h2-6H,1H3,(H,12,14);6H,2-5H2,1H3;1-2H3. The zero-order valence-corrected chi connectivity index (χ0v) is 14.5. The van der Waals surface area contributed by atoms with Crippen molar-refractivity contribution in [3.63, 3.8) is 0 Å². The second-order valence-electron chi connectivity index (χ2n) is 5.29. The first-order valence-electron chi connectivity index (χ1n) is 8.34. The summed E-state index contributed by atoms with van der Waals surface area (Å²) >= 11 is 0. The lowest BCUT2D eigenvalue weighted by Gasteiger charge is -2.22. The highest BCUT2D eigenvalue weighted by molar-refractivity contribution is 5.98. The van der Waals surface area contributed by atoms with Crippen molar-refractivity contribution >= 4 is 17.2 Å². The molecule has 1 fully saturated rings. The molecule has 1 heterocycles. The molecule has 1 aromatic carbocycles. The Morgan fingerprint density at radius 2 is 1.87 bits per heavy atom. The van der Waals surface area contributed by atoms with Crippen molar-refractivity contribution in [1.29, 1.82) is 0 Å². The number of aldehydes is 1. The van der Waals surface area contributed by atoms with E-state index in [2.05, 4.69) is 11.9 Å². The van der Waals surface area contributed by atoms with Crippen LogP contribution in [-0.2, 0) is 0 Å². The highest BCUT2D eigenvalue weighted by Gasteiger charge is 2.13. The lowest BCUT2D eigenvalue weighted by atomic mass is 9.84. The molecule has 0 saturated heterocycles. The number of aromatic amines is 1. The van der Waals surface area contributed by atoms with Gasteiger partial charge in [0.1, 0.15) is 5.75 Å². The topological polar surface area (TPSA) is 59.2 Å². The maximum Gasteiger partial charge on any atom is 0.248 e. The quantitative estimate of drug-likeness (QED) is 0.843. The van der Waals surface area contributed by atoms with E-state index in [9.17, 15) is 9.59 Å².